The summed E-state index contributed by atoms with van der Waals surface area (Å²) in [6.45, 7) is 6.26. The number of carboxylic acid groups (broad SMARTS) is 1. The highest BCUT2D eigenvalue weighted by Gasteiger charge is 2.26. The fourth-order valence-corrected chi connectivity index (χ4v) is 4.05. The summed E-state index contributed by atoms with van der Waals surface area (Å²) in [5.41, 5.74) is 0.698. The van der Waals surface area contributed by atoms with Crippen molar-refractivity contribution < 1.29 is 23.7 Å². The number of nitrogens with one attached hydrogen (secondary N) is 1. The van der Waals surface area contributed by atoms with Crippen molar-refractivity contribution in [3.63, 3.8) is 0 Å². The van der Waals surface area contributed by atoms with Gasteiger partial charge < -0.3 is 15.3 Å². The van der Waals surface area contributed by atoms with Gasteiger partial charge in [0.2, 0.25) is 0 Å². The molecule has 0 unspecified atom stereocenters. The topological polar surface area (TPSA) is 129 Å². The molecular formula is C23H28N4O5S. The summed E-state index contributed by atoms with van der Waals surface area (Å²) in [5, 5.41) is 12.1. The first-order chi connectivity index (χ1) is 15.3. The number of carboxylic acids is 1. The van der Waals surface area contributed by atoms with Crippen molar-refractivity contribution in [1.82, 2.24) is 4.98 Å². The number of amides is 2. The van der Waals surface area contributed by atoms with E-state index in [-0.39, 0.29) is 22.5 Å². The van der Waals surface area contributed by atoms with Crippen molar-refractivity contribution in [3.8, 4) is 0 Å². The van der Waals surface area contributed by atoms with Gasteiger partial charge in [-0.2, -0.15) is 4.36 Å². The summed E-state index contributed by atoms with van der Waals surface area (Å²) in [6, 6.07) is 7.15. The van der Waals surface area contributed by atoms with Crippen molar-refractivity contribution >= 4 is 39.0 Å². The summed E-state index contributed by atoms with van der Waals surface area (Å²) in [5.74, 6) is -2.56. The first-order valence-corrected chi connectivity index (χ1v) is 12.8. The van der Waals surface area contributed by atoms with Crippen LogP contribution in [0.2, 0.25) is 0 Å². The van der Waals surface area contributed by atoms with E-state index in [1.54, 1.807) is 12.3 Å². The van der Waals surface area contributed by atoms with Crippen LogP contribution >= 0.6 is 0 Å². The van der Waals surface area contributed by atoms with Crippen molar-refractivity contribution in [2.75, 3.05) is 35.8 Å². The van der Waals surface area contributed by atoms with Crippen LogP contribution in [-0.4, -0.2) is 57.7 Å². The van der Waals surface area contributed by atoms with Gasteiger partial charge in [-0.25, -0.2) is 14.0 Å². The van der Waals surface area contributed by atoms with Gasteiger partial charge >= 0.3 is 5.97 Å². The number of hydrogen-bond donors (Lipinski definition) is 2. The maximum Gasteiger partial charge on any atom is 0.336 e. The maximum atomic E-state index is 12.9. The summed E-state index contributed by atoms with van der Waals surface area (Å²) in [4.78, 5) is 43.3. The predicted molar refractivity (Wildman–Crippen MR) is 128 cm³/mol. The average Bonchev–Trinajstić information content (AvgIpc) is 2.72. The first kappa shape index (κ1) is 24.4. The quantitative estimate of drug-likeness (QED) is 0.681. The zero-order chi connectivity index (χ0) is 24.4. The average molecular weight is 473 g/mol. The minimum absolute atomic E-state index is 0.0285. The third-order valence-electron chi connectivity index (χ3n) is 5.51. The minimum atomic E-state index is -2.71. The Morgan fingerprint density at radius 2 is 1.76 bits per heavy atom. The molecule has 1 aromatic heterocycles. The fourth-order valence-electron chi connectivity index (χ4n) is 3.54. The zero-order valence-electron chi connectivity index (χ0n) is 19.1. The molecule has 0 bridgehead atoms. The van der Waals surface area contributed by atoms with Gasteiger partial charge in [0.25, 0.3) is 11.8 Å². The van der Waals surface area contributed by atoms with E-state index in [9.17, 15) is 23.7 Å². The molecule has 33 heavy (non-hydrogen) atoms. The molecule has 1 saturated heterocycles. The van der Waals surface area contributed by atoms with Gasteiger partial charge in [0.05, 0.1) is 11.1 Å². The highest BCUT2D eigenvalue weighted by molar-refractivity contribution is 7.92. The van der Waals surface area contributed by atoms with Crippen LogP contribution in [0.25, 0.3) is 0 Å². The van der Waals surface area contributed by atoms with Gasteiger partial charge in [-0.05, 0) is 42.5 Å². The Kier molecular flexibility index (Phi) is 6.87. The molecule has 1 aromatic carbocycles. The lowest BCUT2D eigenvalue weighted by atomic mass is 9.82. The number of aromatic carboxylic acids is 1. The predicted octanol–water partition coefficient (Wildman–Crippen LogP) is 3.53. The van der Waals surface area contributed by atoms with Crippen LogP contribution < -0.4 is 10.2 Å². The van der Waals surface area contributed by atoms with Crippen LogP contribution in [0.1, 0.15) is 57.8 Å². The van der Waals surface area contributed by atoms with E-state index >= 15 is 0 Å². The van der Waals surface area contributed by atoms with Crippen LogP contribution in [0.15, 0.2) is 40.9 Å². The Morgan fingerprint density at radius 1 is 1.09 bits per heavy atom. The molecule has 10 heteroatoms. The van der Waals surface area contributed by atoms with Crippen LogP contribution in [0.4, 0.5) is 11.5 Å². The number of aromatic nitrogens is 1. The molecule has 9 nitrogen and oxygen atoms in total. The number of carbonyl (C=O) groups is 3. The van der Waals surface area contributed by atoms with Crippen LogP contribution in [0, 0.1) is 5.41 Å². The van der Waals surface area contributed by atoms with E-state index in [0.29, 0.717) is 5.41 Å². The van der Waals surface area contributed by atoms with Crippen molar-refractivity contribution in [1.29, 1.82) is 0 Å². The lowest BCUT2D eigenvalue weighted by molar-refractivity contribution is 0.0692. The minimum Gasteiger partial charge on any atom is -0.478 e. The lowest BCUT2D eigenvalue weighted by Gasteiger charge is -2.38. The zero-order valence-corrected chi connectivity index (χ0v) is 19.9. The van der Waals surface area contributed by atoms with Gasteiger partial charge in [-0.1, -0.05) is 13.8 Å². The van der Waals surface area contributed by atoms with Crippen LogP contribution in [-0.2, 0) is 9.73 Å². The molecule has 0 atom stereocenters. The Balaban J connectivity index is 1.86. The van der Waals surface area contributed by atoms with Crippen LogP contribution in [0.5, 0.6) is 0 Å². The Hall–Kier alpha value is -3.27. The Morgan fingerprint density at radius 3 is 2.36 bits per heavy atom. The molecule has 2 heterocycles. The van der Waals surface area contributed by atoms with Gasteiger partial charge in [-0.3, -0.25) is 9.59 Å². The number of piperidine rings is 1. The van der Waals surface area contributed by atoms with E-state index < -0.39 is 27.5 Å². The highest BCUT2D eigenvalue weighted by Crippen LogP contribution is 2.32. The molecule has 1 aliphatic heterocycles. The molecule has 0 radical (unpaired) electrons. The monoisotopic (exact) mass is 472 g/mol. The molecule has 0 aliphatic carbocycles. The molecule has 176 valence electrons. The molecule has 1 aliphatic rings. The molecule has 2 amide bonds. The molecule has 0 saturated carbocycles. The van der Waals surface area contributed by atoms with E-state index in [1.165, 1.54) is 18.6 Å². The van der Waals surface area contributed by atoms with E-state index in [4.69, 9.17) is 0 Å². The second-order valence-corrected chi connectivity index (χ2v) is 11.7. The van der Waals surface area contributed by atoms with Gasteiger partial charge in [-0.15, -0.1) is 0 Å². The summed E-state index contributed by atoms with van der Waals surface area (Å²) < 4.78 is 15.4. The summed E-state index contributed by atoms with van der Waals surface area (Å²) in [6.07, 6.45) is 6.30. The number of carbonyl (C=O) groups excluding carboxylic acids is 2. The maximum absolute atomic E-state index is 12.9. The first-order valence-electron chi connectivity index (χ1n) is 10.5. The van der Waals surface area contributed by atoms with Gasteiger partial charge in [0, 0.05) is 58.8 Å². The number of rotatable bonds is 5. The standard InChI is InChI=1S/C23H28N4O5S/c1-23(2)8-11-27(12-9-23)16-7-10-24-19(14-16)25-21(29)18-13-15(5-6-17(18)22(30)31)20(28)26-33(3,4)32/h5-7,10,13-14H,8-9,11-12H2,1-4H3,(H,30,31)(H,24,25,29). The Labute approximate surface area is 193 Å². The third kappa shape index (κ3) is 6.38. The van der Waals surface area contributed by atoms with E-state index in [2.05, 4.69) is 33.4 Å². The highest BCUT2D eigenvalue weighted by atomic mass is 32.2. The smallest absolute Gasteiger partial charge is 0.336 e. The van der Waals surface area contributed by atoms with E-state index in [0.717, 1.165) is 43.8 Å². The number of anilines is 2. The molecule has 3 rings (SSSR count). The number of hydrogen-bond acceptors (Lipinski definition) is 6. The molecule has 1 fully saturated rings. The molecule has 2 aromatic rings. The van der Waals surface area contributed by atoms with Gasteiger partial charge in [0.15, 0.2) is 0 Å². The van der Waals surface area contributed by atoms with Gasteiger partial charge in [0.1, 0.15) is 5.82 Å². The van der Waals surface area contributed by atoms with Crippen molar-refractivity contribution in [3.05, 3.63) is 53.2 Å². The largest absolute Gasteiger partial charge is 0.478 e. The summed E-state index contributed by atoms with van der Waals surface area (Å²) >= 11 is 0. The van der Waals surface area contributed by atoms with Crippen molar-refractivity contribution in [2.45, 2.75) is 26.7 Å². The fraction of sp³-hybridized carbons (Fsp3) is 0.391. The molecule has 0 spiro atoms. The Bertz CT molecular complexity index is 1210. The van der Waals surface area contributed by atoms with E-state index in [1.807, 2.05) is 6.07 Å². The second-order valence-electron chi connectivity index (χ2n) is 9.15. The number of benzene rings is 1. The number of nitrogens with zero attached hydrogens (tertiary/aromatic N) is 3. The summed E-state index contributed by atoms with van der Waals surface area (Å²) in [7, 11) is -2.71. The number of pyridine rings is 1. The third-order valence-corrected chi connectivity index (χ3v) is 6.12. The molecule has 2 N–H and O–H groups in total. The molecular weight excluding hydrogens is 444 g/mol. The normalized spacial score (nSPS) is 15.6. The lowest BCUT2D eigenvalue weighted by Crippen LogP contribution is -2.37. The second kappa shape index (κ2) is 9.30. The SMILES string of the molecule is CC1(C)CCN(c2ccnc(NC(=O)c3cc(C(=O)N=S(C)(C)=O)ccc3C(=O)O)c2)CC1. The van der Waals surface area contributed by atoms with Crippen molar-refractivity contribution in [2.24, 2.45) is 9.78 Å². The van der Waals surface area contributed by atoms with Crippen LogP contribution in [0.3, 0.4) is 0 Å².